The number of nitrogens with two attached hydrogens (primary N) is 1. The molecule has 2 rings (SSSR count). The summed E-state index contributed by atoms with van der Waals surface area (Å²) in [6.45, 7) is 2.10. The Morgan fingerprint density at radius 3 is 2.59 bits per heavy atom. The molecule has 0 bridgehead atoms. The molecule has 90 valence electrons. The highest BCUT2D eigenvalue weighted by Crippen LogP contribution is 2.27. The van der Waals surface area contributed by atoms with Gasteiger partial charge in [-0.15, -0.1) is 11.3 Å². The van der Waals surface area contributed by atoms with E-state index in [1.54, 1.807) is 11.3 Å². The average molecular weight is 311 g/mol. The third-order valence-electron chi connectivity index (χ3n) is 2.75. The van der Waals surface area contributed by atoms with E-state index < -0.39 is 0 Å². The molecular formula is C13H15BrN2S. The van der Waals surface area contributed by atoms with Crippen LogP contribution in [0.3, 0.4) is 0 Å². The van der Waals surface area contributed by atoms with Gasteiger partial charge in [-0.05, 0) is 51.8 Å². The molecule has 1 aromatic heterocycles. The van der Waals surface area contributed by atoms with E-state index in [4.69, 9.17) is 5.84 Å². The van der Waals surface area contributed by atoms with Crippen molar-refractivity contribution in [2.75, 3.05) is 0 Å². The van der Waals surface area contributed by atoms with Crippen LogP contribution in [0, 0.1) is 6.92 Å². The molecule has 1 heterocycles. The molecule has 1 atom stereocenters. The van der Waals surface area contributed by atoms with E-state index in [2.05, 4.69) is 64.0 Å². The molecule has 0 aliphatic rings. The monoisotopic (exact) mass is 310 g/mol. The number of aryl methyl sites for hydroxylation is 1. The normalized spacial score (nSPS) is 12.6. The molecule has 0 fully saturated rings. The molecule has 17 heavy (non-hydrogen) atoms. The quantitative estimate of drug-likeness (QED) is 0.669. The van der Waals surface area contributed by atoms with Crippen molar-refractivity contribution >= 4 is 27.3 Å². The molecule has 0 spiro atoms. The van der Waals surface area contributed by atoms with Gasteiger partial charge in [0.25, 0.3) is 0 Å². The van der Waals surface area contributed by atoms with Crippen LogP contribution in [0.5, 0.6) is 0 Å². The van der Waals surface area contributed by atoms with Gasteiger partial charge in [-0.3, -0.25) is 11.3 Å². The predicted octanol–water partition coefficient (Wildman–Crippen LogP) is 3.57. The Morgan fingerprint density at radius 1 is 1.35 bits per heavy atom. The Balaban J connectivity index is 2.12. The lowest BCUT2D eigenvalue weighted by atomic mass is 10.0. The number of hydrogen-bond acceptors (Lipinski definition) is 3. The maximum Gasteiger partial charge on any atom is 0.0701 e. The van der Waals surface area contributed by atoms with Gasteiger partial charge in [0.15, 0.2) is 0 Å². The summed E-state index contributed by atoms with van der Waals surface area (Å²) in [6.07, 6.45) is 0.903. The molecule has 0 aliphatic carbocycles. The van der Waals surface area contributed by atoms with Crippen LogP contribution in [0.1, 0.15) is 22.7 Å². The number of halogens is 1. The molecule has 4 heteroatoms. The van der Waals surface area contributed by atoms with E-state index in [-0.39, 0.29) is 6.04 Å². The number of hydrogen-bond donors (Lipinski definition) is 2. The average Bonchev–Trinajstić information content (AvgIpc) is 2.75. The van der Waals surface area contributed by atoms with Gasteiger partial charge in [0.05, 0.1) is 9.83 Å². The van der Waals surface area contributed by atoms with E-state index in [9.17, 15) is 0 Å². The first-order valence-electron chi connectivity index (χ1n) is 5.44. The Labute approximate surface area is 114 Å². The van der Waals surface area contributed by atoms with E-state index >= 15 is 0 Å². The van der Waals surface area contributed by atoms with Crippen LogP contribution in [0.15, 0.2) is 39.5 Å². The van der Waals surface area contributed by atoms with E-state index in [0.717, 1.165) is 10.2 Å². The topological polar surface area (TPSA) is 38.0 Å². The first kappa shape index (κ1) is 12.8. The van der Waals surface area contributed by atoms with Crippen molar-refractivity contribution in [3.63, 3.8) is 0 Å². The van der Waals surface area contributed by atoms with E-state index in [1.165, 1.54) is 16.7 Å². The van der Waals surface area contributed by atoms with Gasteiger partial charge in [-0.25, -0.2) is 0 Å². The summed E-state index contributed by atoms with van der Waals surface area (Å²) in [5.74, 6) is 5.63. The van der Waals surface area contributed by atoms with Crippen LogP contribution in [0.4, 0.5) is 0 Å². The highest BCUT2D eigenvalue weighted by Gasteiger charge is 2.12. The van der Waals surface area contributed by atoms with Crippen LogP contribution >= 0.6 is 27.3 Å². The molecule has 0 amide bonds. The second-order valence-electron chi connectivity index (χ2n) is 4.09. The number of benzene rings is 1. The van der Waals surface area contributed by atoms with E-state index in [0.29, 0.717) is 0 Å². The van der Waals surface area contributed by atoms with Crippen molar-refractivity contribution in [3.05, 3.63) is 56.2 Å². The lowest BCUT2D eigenvalue weighted by Crippen LogP contribution is -2.29. The smallest absolute Gasteiger partial charge is 0.0701 e. The van der Waals surface area contributed by atoms with Crippen LogP contribution in [-0.4, -0.2) is 0 Å². The molecule has 3 N–H and O–H groups in total. The molecule has 0 radical (unpaired) electrons. The summed E-state index contributed by atoms with van der Waals surface area (Å²) >= 11 is 5.16. The second-order valence-corrected chi connectivity index (χ2v) is 6.38. The van der Waals surface area contributed by atoms with Crippen LogP contribution < -0.4 is 11.3 Å². The largest absolute Gasteiger partial charge is 0.271 e. The molecule has 0 saturated carbocycles. The zero-order valence-electron chi connectivity index (χ0n) is 9.61. The van der Waals surface area contributed by atoms with Crippen LogP contribution in [0.2, 0.25) is 0 Å². The lowest BCUT2D eigenvalue weighted by Gasteiger charge is -2.14. The summed E-state index contributed by atoms with van der Waals surface area (Å²) in [4.78, 5) is 0. The molecule has 0 aliphatic heterocycles. The van der Waals surface area contributed by atoms with Crippen molar-refractivity contribution in [2.45, 2.75) is 19.4 Å². The minimum absolute atomic E-state index is 0.167. The summed E-state index contributed by atoms with van der Waals surface area (Å²) in [6, 6.07) is 10.9. The summed E-state index contributed by atoms with van der Waals surface area (Å²) in [7, 11) is 0. The van der Waals surface area contributed by atoms with Gasteiger partial charge in [0.1, 0.15) is 0 Å². The maximum atomic E-state index is 5.63. The van der Waals surface area contributed by atoms with Crippen LogP contribution in [0.25, 0.3) is 0 Å². The van der Waals surface area contributed by atoms with Crippen molar-refractivity contribution in [1.82, 2.24) is 5.43 Å². The third-order valence-corrected chi connectivity index (χ3v) is 4.27. The Bertz CT molecular complexity index is 478. The Kier molecular flexibility index (Phi) is 4.34. The molecule has 0 saturated heterocycles. The van der Waals surface area contributed by atoms with Crippen LogP contribution in [-0.2, 0) is 6.42 Å². The lowest BCUT2D eigenvalue weighted by molar-refractivity contribution is 0.553. The summed E-state index contributed by atoms with van der Waals surface area (Å²) < 4.78 is 1.14. The molecule has 1 unspecified atom stereocenters. The highest BCUT2D eigenvalue weighted by atomic mass is 79.9. The second kappa shape index (κ2) is 5.78. The number of thiophene rings is 1. The van der Waals surface area contributed by atoms with Crippen molar-refractivity contribution in [1.29, 1.82) is 0 Å². The summed E-state index contributed by atoms with van der Waals surface area (Å²) in [5, 5.41) is 2.13. The zero-order valence-corrected chi connectivity index (χ0v) is 12.0. The highest BCUT2D eigenvalue weighted by molar-refractivity contribution is 9.11. The summed E-state index contributed by atoms with van der Waals surface area (Å²) in [5.41, 5.74) is 6.68. The Morgan fingerprint density at radius 2 is 2.06 bits per heavy atom. The fraction of sp³-hybridized carbons (Fsp3) is 0.231. The molecule has 2 nitrogen and oxygen atoms in total. The number of nitrogens with one attached hydrogen (secondary N) is 1. The minimum Gasteiger partial charge on any atom is -0.271 e. The van der Waals surface area contributed by atoms with Gasteiger partial charge in [0.2, 0.25) is 0 Å². The third kappa shape index (κ3) is 3.39. The van der Waals surface area contributed by atoms with Gasteiger partial charge in [-0.1, -0.05) is 29.8 Å². The fourth-order valence-corrected chi connectivity index (χ4v) is 2.97. The van der Waals surface area contributed by atoms with Crippen molar-refractivity contribution in [2.24, 2.45) is 5.84 Å². The Hall–Kier alpha value is -0.680. The van der Waals surface area contributed by atoms with E-state index in [1.807, 2.05) is 0 Å². The SMILES string of the molecule is Cc1ccc(CC(NN)c2csc(Br)c2)cc1. The van der Waals surface area contributed by atoms with Crippen molar-refractivity contribution in [3.8, 4) is 0 Å². The molecule has 2 aromatic rings. The van der Waals surface area contributed by atoms with Gasteiger partial charge >= 0.3 is 0 Å². The standard InChI is InChI=1S/C13H15BrN2S/c1-9-2-4-10(5-3-9)6-12(16-15)11-7-13(14)17-8-11/h2-5,7-8,12,16H,6,15H2,1H3. The van der Waals surface area contributed by atoms with Gasteiger partial charge in [-0.2, -0.15) is 0 Å². The van der Waals surface area contributed by atoms with Gasteiger partial charge in [0, 0.05) is 0 Å². The molecule has 1 aromatic carbocycles. The first-order chi connectivity index (χ1) is 8.19. The zero-order chi connectivity index (χ0) is 12.3. The number of hydrazine groups is 1. The predicted molar refractivity (Wildman–Crippen MR) is 77.0 cm³/mol. The molecular weight excluding hydrogens is 296 g/mol. The maximum absolute atomic E-state index is 5.63. The first-order valence-corrected chi connectivity index (χ1v) is 7.12. The van der Waals surface area contributed by atoms with Gasteiger partial charge < -0.3 is 0 Å². The minimum atomic E-state index is 0.167. The fourth-order valence-electron chi connectivity index (χ4n) is 1.74. The number of rotatable bonds is 4. The van der Waals surface area contributed by atoms with Crippen molar-refractivity contribution < 1.29 is 0 Å².